The van der Waals surface area contributed by atoms with Crippen molar-refractivity contribution in [3.05, 3.63) is 57.4 Å². The highest BCUT2D eigenvalue weighted by Gasteiger charge is 2.39. The predicted octanol–water partition coefficient (Wildman–Crippen LogP) is 2.98. The van der Waals surface area contributed by atoms with Gasteiger partial charge < -0.3 is 20.5 Å². The molecule has 6 nitrogen and oxygen atoms in total. The first-order chi connectivity index (χ1) is 13.5. The molecule has 152 valence electrons. The summed E-state index contributed by atoms with van der Waals surface area (Å²) in [5.41, 5.74) is 8.25. The molecule has 1 aromatic carbocycles. The number of allylic oxidation sites excluding steroid dienone is 1. The van der Waals surface area contributed by atoms with Gasteiger partial charge in [0.05, 0.1) is 30.8 Å². The number of esters is 2. The summed E-state index contributed by atoms with van der Waals surface area (Å²) in [6, 6.07) is 7.15. The fourth-order valence-electron chi connectivity index (χ4n) is 3.12. The van der Waals surface area contributed by atoms with Crippen LogP contribution in [0.4, 0.5) is 0 Å². The number of benzene rings is 1. The Balaban J connectivity index is 2.67. The number of hydrogen-bond acceptors (Lipinski definition) is 7. The van der Waals surface area contributed by atoms with E-state index in [0.29, 0.717) is 45.4 Å². The Morgan fingerprint density at radius 2 is 1.96 bits per heavy atom. The lowest BCUT2D eigenvalue weighted by atomic mass is 9.80. The van der Waals surface area contributed by atoms with Gasteiger partial charge in [-0.25, -0.2) is 9.59 Å². The highest BCUT2D eigenvalue weighted by Crippen LogP contribution is 2.42. The first-order valence-electron chi connectivity index (χ1n) is 8.94. The summed E-state index contributed by atoms with van der Waals surface area (Å²) < 4.78 is 10.3. The fourth-order valence-corrected chi connectivity index (χ4v) is 4.11. The molecule has 0 bridgehead atoms. The second kappa shape index (κ2) is 10.5. The molecule has 3 N–H and O–H groups in total. The summed E-state index contributed by atoms with van der Waals surface area (Å²) in [5.74, 6) is -0.430. The number of hydrogen-bond donors (Lipinski definition) is 2. The van der Waals surface area contributed by atoms with E-state index in [1.54, 1.807) is 43.8 Å². The Hall–Kier alpha value is -1.96. The Labute approximate surface area is 174 Å². The van der Waals surface area contributed by atoms with Crippen LogP contribution >= 0.6 is 23.4 Å². The van der Waals surface area contributed by atoms with Gasteiger partial charge in [0.15, 0.2) is 0 Å². The van der Waals surface area contributed by atoms with E-state index in [-0.39, 0.29) is 6.61 Å². The molecule has 0 amide bonds. The molecule has 0 fully saturated rings. The maximum Gasteiger partial charge on any atom is 0.336 e. The first kappa shape index (κ1) is 22.3. The summed E-state index contributed by atoms with van der Waals surface area (Å²) in [5, 5.41) is 3.66. The van der Waals surface area contributed by atoms with Crippen LogP contribution in [0.5, 0.6) is 0 Å². The third kappa shape index (κ3) is 4.90. The van der Waals surface area contributed by atoms with Crippen molar-refractivity contribution >= 4 is 35.3 Å². The SMILES string of the molecule is CCOC(=O)C1=C(CSCCN)NC(C)=C(C(=O)OC)C1c1ccccc1Cl. The predicted molar refractivity (Wildman–Crippen MR) is 112 cm³/mol. The number of thioether (sulfide) groups is 1. The van der Waals surface area contributed by atoms with Gasteiger partial charge in [-0.2, -0.15) is 11.8 Å². The largest absolute Gasteiger partial charge is 0.466 e. The number of methoxy groups -OCH3 is 1. The number of carbonyl (C=O) groups is 2. The highest BCUT2D eigenvalue weighted by atomic mass is 35.5. The zero-order chi connectivity index (χ0) is 20.7. The Bertz CT molecular complexity index is 807. The minimum absolute atomic E-state index is 0.219. The monoisotopic (exact) mass is 424 g/mol. The molecule has 1 heterocycles. The van der Waals surface area contributed by atoms with Crippen LogP contribution in [0.2, 0.25) is 5.02 Å². The van der Waals surface area contributed by atoms with E-state index < -0.39 is 17.9 Å². The fraction of sp³-hybridized carbons (Fsp3) is 0.400. The smallest absolute Gasteiger partial charge is 0.336 e. The molecular weight excluding hydrogens is 400 g/mol. The topological polar surface area (TPSA) is 90.6 Å². The van der Waals surface area contributed by atoms with E-state index in [2.05, 4.69) is 5.32 Å². The van der Waals surface area contributed by atoms with Gasteiger partial charge in [0.25, 0.3) is 0 Å². The standard InChI is InChI=1S/C20H25ClN2O4S/c1-4-27-20(25)18-15(11-28-10-9-22)23-12(2)16(19(24)26-3)17(18)13-7-5-6-8-14(13)21/h5-8,17,23H,4,9-11,22H2,1-3H3. The molecule has 0 spiro atoms. The second-order valence-electron chi connectivity index (χ2n) is 6.06. The Kier molecular flexibility index (Phi) is 8.41. The number of halogens is 1. The number of nitrogens with two attached hydrogens (primary N) is 1. The maximum absolute atomic E-state index is 12.9. The second-order valence-corrected chi connectivity index (χ2v) is 7.58. The van der Waals surface area contributed by atoms with Crippen LogP contribution in [0.25, 0.3) is 0 Å². The molecule has 28 heavy (non-hydrogen) atoms. The van der Waals surface area contributed by atoms with Gasteiger partial charge >= 0.3 is 11.9 Å². The Morgan fingerprint density at radius 1 is 1.25 bits per heavy atom. The van der Waals surface area contributed by atoms with Crippen molar-refractivity contribution in [1.29, 1.82) is 0 Å². The molecule has 0 saturated heterocycles. The molecule has 0 saturated carbocycles. The van der Waals surface area contributed by atoms with E-state index in [4.69, 9.17) is 26.8 Å². The van der Waals surface area contributed by atoms with Crippen molar-refractivity contribution in [3.63, 3.8) is 0 Å². The molecular formula is C20H25ClN2O4S. The summed E-state index contributed by atoms with van der Waals surface area (Å²) >= 11 is 8.04. The van der Waals surface area contributed by atoms with Crippen LogP contribution in [0.15, 0.2) is 46.8 Å². The van der Waals surface area contributed by atoms with Gasteiger partial charge in [0, 0.05) is 34.5 Å². The highest BCUT2D eigenvalue weighted by molar-refractivity contribution is 7.99. The van der Waals surface area contributed by atoms with E-state index >= 15 is 0 Å². The van der Waals surface area contributed by atoms with Crippen LogP contribution in [0, 0.1) is 0 Å². The van der Waals surface area contributed by atoms with Crippen molar-refractivity contribution in [2.75, 3.05) is 31.8 Å². The minimum Gasteiger partial charge on any atom is -0.466 e. The van der Waals surface area contributed by atoms with Crippen molar-refractivity contribution in [2.45, 2.75) is 19.8 Å². The molecule has 1 aliphatic rings. The number of carbonyl (C=O) groups excluding carboxylic acids is 2. The van der Waals surface area contributed by atoms with Crippen molar-refractivity contribution in [3.8, 4) is 0 Å². The average Bonchev–Trinajstić information content (AvgIpc) is 2.67. The van der Waals surface area contributed by atoms with Gasteiger partial charge in [-0.3, -0.25) is 0 Å². The minimum atomic E-state index is -0.685. The molecule has 1 unspecified atom stereocenters. The molecule has 0 aliphatic carbocycles. The van der Waals surface area contributed by atoms with Crippen molar-refractivity contribution < 1.29 is 19.1 Å². The van der Waals surface area contributed by atoms with E-state index in [0.717, 1.165) is 5.75 Å². The first-order valence-corrected chi connectivity index (χ1v) is 10.5. The van der Waals surface area contributed by atoms with Gasteiger partial charge in [0.1, 0.15) is 0 Å². The van der Waals surface area contributed by atoms with Gasteiger partial charge in [-0.1, -0.05) is 29.8 Å². The third-order valence-electron chi connectivity index (χ3n) is 4.27. The molecule has 0 radical (unpaired) electrons. The van der Waals surface area contributed by atoms with Crippen molar-refractivity contribution in [1.82, 2.24) is 5.32 Å². The van der Waals surface area contributed by atoms with Gasteiger partial charge in [-0.05, 0) is 25.5 Å². The normalized spacial score (nSPS) is 16.7. The zero-order valence-corrected chi connectivity index (χ0v) is 17.8. The lowest BCUT2D eigenvalue weighted by Crippen LogP contribution is -2.34. The number of ether oxygens (including phenoxy) is 2. The number of rotatable bonds is 8. The van der Waals surface area contributed by atoms with Crippen molar-refractivity contribution in [2.24, 2.45) is 5.73 Å². The van der Waals surface area contributed by atoms with E-state index in [1.165, 1.54) is 7.11 Å². The third-order valence-corrected chi connectivity index (χ3v) is 5.63. The van der Waals surface area contributed by atoms with Crippen LogP contribution in [0.3, 0.4) is 0 Å². The molecule has 1 aliphatic heterocycles. The van der Waals surface area contributed by atoms with Crippen LogP contribution in [-0.2, 0) is 19.1 Å². The van der Waals surface area contributed by atoms with Crippen LogP contribution < -0.4 is 11.1 Å². The summed E-state index contributed by atoms with van der Waals surface area (Å²) in [6.45, 7) is 4.27. The maximum atomic E-state index is 12.9. The average molecular weight is 425 g/mol. The van der Waals surface area contributed by atoms with Crippen LogP contribution in [0.1, 0.15) is 25.3 Å². The summed E-state index contributed by atoms with van der Waals surface area (Å²) in [6.07, 6.45) is 0. The van der Waals surface area contributed by atoms with E-state index in [1.807, 2.05) is 6.07 Å². The molecule has 2 rings (SSSR count). The number of dihydropyridines is 1. The lowest BCUT2D eigenvalue weighted by molar-refractivity contribution is -0.139. The molecule has 1 atom stereocenters. The Morgan fingerprint density at radius 3 is 2.57 bits per heavy atom. The van der Waals surface area contributed by atoms with Gasteiger partial charge in [-0.15, -0.1) is 0 Å². The lowest BCUT2D eigenvalue weighted by Gasteiger charge is -2.31. The summed E-state index contributed by atoms with van der Waals surface area (Å²) in [7, 11) is 1.31. The molecule has 8 heteroatoms. The number of nitrogens with one attached hydrogen (secondary N) is 1. The molecule has 0 aromatic heterocycles. The zero-order valence-electron chi connectivity index (χ0n) is 16.2. The van der Waals surface area contributed by atoms with E-state index in [9.17, 15) is 9.59 Å². The van der Waals surface area contributed by atoms with Gasteiger partial charge in [0.2, 0.25) is 0 Å². The molecule has 1 aromatic rings. The van der Waals surface area contributed by atoms with Crippen LogP contribution in [-0.4, -0.2) is 43.7 Å². The quantitative estimate of drug-likeness (QED) is 0.489. The summed E-state index contributed by atoms with van der Waals surface area (Å²) in [4.78, 5) is 25.5.